The van der Waals surface area contributed by atoms with Gasteiger partial charge in [0.15, 0.2) is 5.78 Å². The van der Waals surface area contributed by atoms with E-state index in [1.165, 1.54) is 17.1 Å². The second-order valence-corrected chi connectivity index (χ2v) is 5.66. The van der Waals surface area contributed by atoms with Crippen molar-refractivity contribution in [3.63, 3.8) is 0 Å². The number of Topliss-reactive ketones (excluding diaryl/α,β-unsaturated/α-hetero) is 1. The fraction of sp³-hybridized carbons (Fsp3) is 0.556. The molecule has 0 atom stereocenters. The van der Waals surface area contributed by atoms with Gasteiger partial charge in [0.1, 0.15) is 9.84 Å². The summed E-state index contributed by atoms with van der Waals surface area (Å²) in [4.78, 5) is 11.3. The van der Waals surface area contributed by atoms with Crippen LogP contribution in [0.4, 0.5) is 0 Å². The van der Waals surface area contributed by atoms with Crippen LogP contribution in [0.3, 0.4) is 0 Å². The number of sulfone groups is 1. The third-order valence-corrected chi connectivity index (χ3v) is 2.89. The van der Waals surface area contributed by atoms with Crippen LogP contribution < -0.4 is 0 Å². The number of carbonyl (C=O) groups is 1. The summed E-state index contributed by atoms with van der Waals surface area (Å²) in [5.74, 6) is 0.0506. The lowest BCUT2D eigenvalue weighted by atomic mass is 10.2. The topological polar surface area (TPSA) is 69.0 Å². The molecule has 15 heavy (non-hydrogen) atoms. The molecular formula is C9H14N2O3S. The average molecular weight is 230 g/mol. The number of hydrogen-bond donors (Lipinski definition) is 0. The Morgan fingerprint density at radius 1 is 1.53 bits per heavy atom. The maximum Gasteiger partial charge on any atom is 0.165 e. The van der Waals surface area contributed by atoms with Crippen LogP contribution in [0, 0.1) is 0 Å². The lowest BCUT2D eigenvalue weighted by Crippen LogP contribution is -2.11. The number of ketones is 1. The van der Waals surface area contributed by atoms with E-state index in [1.54, 1.807) is 13.1 Å². The van der Waals surface area contributed by atoms with Crippen molar-refractivity contribution in [2.45, 2.75) is 19.9 Å². The molecule has 5 nitrogen and oxygen atoms in total. The number of nitrogens with zero attached hydrogens (tertiary/aromatic N) is 2. The first-order valence-electron chi connectivity index (χ1n) is 4.66. The smallest absolute Gasteiger partial charge is 0.165 e. The zero-order chi connectivity index (χ0) is 11.5. The summed E-state index contributed by atoms with van der Waals surface area (Å²) in [5, 5.41) is 3.92. The number of carbonyl (C=O) groups excluding carboxylic acids is 1. The maximum atomic E-state index is 11.3. The van der Waals surface area contributed by atoms with Crippen molar-refractivity contribution in [2.75, 3.05) is 12.0 Å². The third-order valence-electron chi connectivity index (χ3n) is 1.97. The molecule has 1 aromatic heterocycles. The van der Waals surface area contributed by atoms with Crippen molar-refractivity contribution in [3.8, 4) is 0 Å². The van der Waals surface area contributed by atoms with Gasteiger partial charge in [-0.2, -0.15) is 5.10 Å². The van der Waals surface area contributed by atoms with Gasteiger partial charge < -0.3 is 0 Å². The van der Waals surface area contributed by atoms with Crippen molar-refractivity contribution < 1.29 is 13.2 Å². The Kier molecular flexibility index (Phi) is 3.62. The summed E-state index contributed by atoms with van der Waals surface area (Å²) < 4.78 is 23.3. The van der Waals surface area contributed by atoms with E-state index in [0.29, 0.717) is 12.0 Å². The van der Waals surface area contributed by atoms with Crippen molar-refractivity contribution in [2.24, 2.45) is 0 Å². The summed E-state index contributed by atoms with van der Waals surface area (Å²) in [6.07, 6.45) is 4.65. The van der Waals surface area contributed by atoms with Crippen LogP contribution >= 0.6 is 0 Å². The molecule has 1 heterocycles. The van der Waals surface area contributed by atoms with Gasteiger partial charge in [-0.1, -0.05) is 6.92 Å². The zero-order valence-electron chi connectivity index (χ0n) is 8.80. The number of hydrogen-bond acceptors (Lipinski definition) is 4. The predicted molar refractivity (Wildman–Crippen MR) is 56.6 cm³/mol. The molecule has 1 rings (SSSR count). The molecule has 0 unspecified atom stereocenters. The molecule has 84 valence electrons. The van der Waals surface area contributed by atoms with Gasteiger partial charge in [0.25, 0.3) is 0 Å². The largest absolute Gasteiger partial charge is 0.294 e. The lowest BCUT2D eigenvalue weighted by molar-refractivity contribution is 0.0988. The van der Waals surface area contributed by atoms with E-state index in [2.05, 4.69) is 5.10 Å². The number of rotatable bonds is 5. The molecule has 0 saturated carbocycles. The molecule has 0 N–H and O–H groups in total. The second kappa shape index (κ2) is 4.57. The van der Waals surface area contributed by atoms with Crippen LogP contribution in [-0.2, 0) is 16.4 Å². The Bertz CT molecular complexity index is 448. The summed E-state index contributed by atoms with van der Waals surface area (Å²) in [6.45, 7) is 2.06. The molecule has 0 aliphatic rings. The quantitative estimate of drug-likeness (QED) is 0.691. The van der Waals surface area contributed by atoms with Crippen LogP contribution in [0.5, 0.6) is 0 Å². The van der Waals surface area contributed by atoms with Crippen LogP contribution in [0.1, 0.15) is 23.7 Å². The van der Waals surface area contributed by atoms with Crippen LogP contribution in [0.2, 0.25) is 0 Å². The molecule has 0 aromatic carbocycles. The van der Waals surface area contributed by atoms with Gasteiger partial charge in [-0.25, -0.2) is 8.42 Å². The molecule has 0 aliphatic carbocycles. The average Bonchev–Trinajstić information content (AvgIpc) is 2.61. The van der Waals surface area contributed by atoms with E-state index < -0.39 is 9.84 Å². The van der Waals surface area contributed by atoms with Crippen LogP contribution in [0.15, 0.2) is 12.4 Å². The zero-order valence-corrected chi connectivity index (χ0v) is 9.62. The van der Waals surface area contributed by atoms with Gasteiger partial charge in [-0.05, 0) is 0 Å². The lowest BCUT2D eigenvalue weighted by Gasteiger charge is -1.98. The Morgan fingerprint density at radius 3 is 2.73 bits per heavy atom. The molecule has 0 bridgehead atoms. The molecule has 1 aromatic rings. The molecule has 0 fully saturated rings. The minimum absolute atomic E-state index is 0.0144. The van der Waals surface area contributed by atoms with Crippen molar-refractivity contribution in [3.05, 3.63) is 18.0 Å². The van der Waals surface area contributed by atoms with Crippen molar-refractivity contribution in [1.82, 2.24) is 9.78 Å². The number of aryl methyl sites for hydroxylation is 1. The van der Waals surface area contributed by atoms with E-state index in [4.69, 9.17) is 0 Å². The highest BCUT2D eigenvalue weighted by Gasteiger charge is 2.07. The summed E-state index contributed by atoms with van der Waals surface area (Å²) in [5.41, 5.74) is 0.533. The van der Waals surface area contributed by atoms with Gasteiger partial charge in [0.2, 0.25) is 0 Å². The fourth-order valence-corrected chi connectivity index (χ4v) is 1.61. The molecule has 0 aliphatic heterocycles. The fourth-order valence-electron chi connectivity index (χ4n) is 1.09. The highest BCUT2D eigenvalue weighted by Crippen LogP contribution is 2.02. The van der Waals surface area contributed by atoms with Gasteiger partial charge >= 0.3 is 0 Å². The van der Waals surface area contributed by atoms with E-state index >= 15 is 0 Å². The van der Waals surface area contributed by atoms with Gasteiger partial charge in [0.05, 0.1) is 24.1 Å². The predicted octanol–water partition coefficient (Wildman–Crippen LogP) is 0.520. The van der Waals surface area contributed by atoms with Gasteiger partial charge in [-0.3, -0.25) is 9.48 Å². The van der Waals surface area contributed by atoms with Crippen molar-refractivity contribution >= 4 is 15.6 Å². The molecule has 0 radical (unpaired) electrons. The highest BCUT2D eigenvalue weighted by atomic mass is 32.2. The standard InChI is InChI=1S/C9H14N2O3S/c1-3-9(12)8-6-10-11(7-8)4-5-15(2,13)14/h6-7H,3-5H2,1-2H3. The van der Waals surface area contributed by atoms with E-state index in [0.717, 1.165) is 0 Å². The number of aromatic nitrogens is 2. The Balaban J connectivity index is 2.65. The van der Waals surface area contributed by atoms with Crippen molar-refractivity contribution in [1.29, 1.82) is 0 Å². The molecule has 0 spiro atoms. The Hall–Kier alpha value is -1.17. The minimum Gasteiger partial charge on any atom is -0.294 e. The summed E-state index contributed by atoms with van der Waals surface area (Å²) in [7, 11) is -2.98. The first-order chi connectivity index (χ1) is 6.92. The van der Waals surface area contributed by atoms with E-state index in [9.17, 15) is 13.2 Å². The first kappa shape index (κ1) is 11.9. The SMILES string of the molecule is CCC(=O)c1cnn(CCS(C)(=O)=O)c1. The molecule has 0 saturated heterocycles. The third kappa shape index (κ3) is 3.83. The molecule has 6 heteroatoms. The monoisotopic (exact) mass is 230 g/mol. The second-order valence-electron chi connectivity index (χ2n) is 3.40. The van der Waals surface area contributed by atoms with E-state index in [-0.39, 0.29) is 18.1 Å². The van der Waals surface area contributed by atoms with Crippen LogP contribution in [-0.4, -0.2) is 36.0 Å². The van der Waals surface area contributed by atoms with Gasteiger partial charge in [-0.15, -0.1) is 0 Å². The normalized spacial score (nSPS) is 11.6. The summed E-state index contributed by atoms with van der Waals surface area (Å²) in [6, 6.07) is 0. The molecule has 0 amide bonds. The molecular weight excluding hydrogens is 216 g/mol. The highest BCUT2D eigenvalue weighted by molar-refractivity contribution is 7.90. The Morgan fingerprint density at radius 2 is 2.20 bits per heavy atom. The first-order valence-corrected chi connectivity index (χ1v) is 6.72. The minimum atomic E-state index is -2.98. The van der Waals surface area contributed by atoms with E-state index in [1.807, 2.05) is 0 Å². The Labute approximate surface area is 89.0 Å². The summed E-state index contributed by atoms with van der Waals surface area (Å²) >= 11 is 0. The van der Waals surface area contributed by atoms with Gasteiger partial charge in [0, 0.05) is 18.9 Å². The maximum absolute atomic E-state index is 11.3. The van der Waals surface area contributed by atoms with Crippen LogP contribution in [0.25, 0.3) is 0 Å².